The van der Waals surface area contributed by atoms with Crippen LogP contribution >= 0.6 is 0 Å². The SMILES string of the molecule is Nc1ncc(C#Cc2ccc(NS(=O)(=O)c3cccnc3)cc2)cc1C(=[NH2+])c1ccc(F)cc1. The molecule has 0 aliphatic heterocycles. The van der Waals surface area contributed by atoms with E-state index in [4.69, 9.17) is 11.1 Å². The van der Waals surface area contributed by atoms with Crippen LogP contribution in [0.15, 0.2) is 90.2 Å². The molecule has 34 heavy (non-hydrogen) atoms. The van der Waals surface area contributed by atoms with Crippen molar-refractivity contribution in [1.82, 2.24) is 9.97 Å². The molecule has 168 valence electrons. The van der Waals surface area contributed by atoms with E-state index in [2.05, 4.69) is 26.5 Å². The number of sulfonamides is 1. The second-order valence-corrected chi connectivity index (χ2v) is 8.88. The predicted octanol–water partition coefficient (Wildman–Crippen LogP) is 1.99. The van der Waals surface area contributed by atoms with Crippen LogP contribution in [0.25, 0.3) is 0 Å². The topological polar surface area (TPSA) is 124 Å². The monoisotopic (exact) mass is 472 g/mol. The first-order valence-electron chi connectivity index (χ1n) is 10.0. The minimum Gasteiger partial charge on any atom is -0.383 e. The second-order valence-electron chi connectivity index (χ2n) is 7.20. The third kappa shape index (κ3) is 5.26. The van der Waals surface area contributed by atoms with Gasteiger partial charge in [-0.3, -0.25) is 15.1 Å². The van der Waals surface area contributed by atoms with Crippen molar-refractivity contribution in [2.75, 3.05) is 10.5 Å². The van der Waals surface area contributed by atoms with E-state index in [0.717, 1.165) is 0 Å². The van der Waals surface area contributed by atoms with Crippen molar-refractivity contribution in [2.24, 2.45) is 0 Å². The van der Waals surface area contributed by atoms with Crippen molar-refractivity contribution >= 4 is 27.2 Å². The molecule has 0 saturated carbocycles. The smallest absolute Gasteiger partial charge is 0.263 e. The molecular formula is C25H19FN5O2S+. The average Bonchev–Trinajstić information content (AvgIpc) is 2.85. The Balaban J connectivity index is 1.51. The quantitative estimate of drug-likeness (QED) is 0.303. The van der Waals surface area contributed by atoms with Crippen molar-refractivity contribution in [3.8, 4) is 11.8 Å². The summed E-state index contributed by atoms with van der Waals surface area (Å²) in [5.41, 5.74) is 9.09. The van der Waals surface area contributed by atoms with Gasteiger partial charge < -0.3 is 5.73 Å². The van der Waals surface area contributed by atoms with Gasteiger partial charge in [0.15, 0.2) is 0 Å². The van der Waals surface area contributed by atoms with Crippen molar-refractivity contribution in [2.45, 2.75) is 4.90 Å². The fourth-order valence-corrected chi connectivity index (χ4v) is 4.05. The molecule has 0 bridgehead atoms. The van der Waals surface area contributed by atoms with Gasteiger partial charge in [-0.15, -0.1) is 0 Å². The molecule has 0 aliphatic carbocycles. The number of aromatic nitrogens is 2. The molecule has 0 radical (unpaired) electrons. The molecule has 0 aliphatic rings. The summed E-state index contributed by atoms with van der Waals surface area (Å²) in [6.45, 7) is 0. The maximum absolute atomic E-state index is 13.2. The third-order valence-corrected chi connectivity index (χ3v) is 6.16. The largest absolute Gasteiger partial charge is 0.383 e. The molecule has 0 atom stereocenters. The standard InChI is InChI=1S/C25H18FN5O2S/c26-20-9-7-19(8-10-20)24(27)23-14-18(15-30-25(23)28)4-3-17-5-11-21(12-6-17)31-34(32,33)22-2-1-13-29-16-22/h1-2,5-16,27,31H,(H2,28,30)/p+1. The number of hydrogen-bond acceptors (Lipinski definition) is 5. The number of nitrogens with two attached hydrogens (primary N) is 2. The molecule has 7 nitrogen and oxygen atoms in total. The van der Waals surface area contributed by atoms with Crippen molar-refractivity contribution in [3.63, 3.8) is 0 Å². The van der Waals surface area contributed by atoms with Gasteiger partial charge in [-0.2, -0.15) is 0 Å². The summed E-state index contributed by atoms with van der Waals surface area (Å²) in [4.78, 5) is 8.06. The van der Waals surface area contributed by atoms with E-state index in [9.17, 15) is 12.8 Å². The Morgan fingerprint density at radius 3 is 2.35 bits per heavy atom. The molecule has 2 heterocycles. The van der Waals surface area contributed by atoms with Crippen LogP contribution < -0.4 is 15.9 Å². The normalized spacial score (nSPS) is 10.7. The fourth-order valence-electron chi connectivity index (χ4n) is 3.03. The van der Waals surface area contributed by atoms with Crippen LogP contribution in [0.2, 0.25) is 0 Å². The van der Waals surface area contributed by atoms with Gasteiger partial charge in [-0.25, -0.2) is 17.8 Å². The van der Waals surface area contributed by atoms with Crippen molar-refractivity contribution in [1.29, 1.82) is 0 Å². The average molecular weight is 473 g/mol. The van der Waals surface area contributed by atoms with Gasteiger partial charge in [0.2, 0.25) is 5.71 Å². The van der Waals surface area contributed by atoms with E-state index < -0.39 is 10.0 Å². The van der Waals surface area contributed by atoms with E-state index in [1.807, 2.05) is 0 Å². The number of benzene rings is 2. The van der Waals surface area contributed by atoms with Crippen LogP contribution in [-0.4, -0.2) is 24.1 Å². The van der Waals surface area contributed by atoms with Gasteiger partial charge >= 0.3 is 0 Å². The molecule has 4 aromatic rings. The molecule has 0 spiro atoms. The maximum Gasteiger partial charge on any atom is 0.263 e. The van der Waals surface area contributed by atoms with Crippen LogP contribution in [0.3, 0.4) is 0 Å². The van der Waals surface area contributed by atoms with Crippen molar-refractivity contribution in [3.05, 3.63) is 113 Å². The molecule has 0 unspecified atom stereocenters. The fraction of sp³-hybridized carbons (Fsp3) is 0. The number of nitrogen functional groups attached to an aromatic ring is 1. The number of pyridine rings is 2. The Labute approximate surface area is 196 Å². The summed E-state index contributed by atoms with van der Waals surface area (Å²) in [5.74, 6) is 5.86. The first-order chi connectivity index (χ1) is 16.3. The highest BCUT2D eigenvalue weighted by Gasteiger charge is 2.16. The molecule has 2 aromatic heterocycles. The zero-order chi connectivity index (χ0) is 24.1. The summed E-state index contributed by atoms with van der Waals surface area (Å²) < 4.78 is 40.5. The lowest BCUT2D eigenvalue weighted by atomic mass is 10.0. The number of anilines is 2. The van der Waals surface area contributed by atoms with Crippen LogP contribution in [0.4, 0.5) is 15.9 Å². The molecule has 0 amide bonds. The highest BCUT2D eigenvalue weighted by atomic mass is 32.2. The first-order valence-corrected chi connectivity index (χ1v) is 11.5. The maximum atomic E-state index is 13.2. The lowest BCUT2D eigenvalue weighted by Gasteiger charge is -2.07. The van der Waals surface area contributed by atoms with E-state index in [-0.39, 0.29) is 16.5 Å². The lowest BCUT2D eigenvalue weighted by Crippen LogP contribution is -2.41. The van der Waals surface area contributed by atoms with Gasteiger partial charge in [-0.05, 0) is 66.7 Å². The molecular weight excluding hydrogens is 453 g/mol. The Kier molecular flexibility index (Phi) is 6.34. The van der Waals surface area contributed by atoms with Gasteiger partial charge in [0.1, 0.15) is 16.5 Å². The highest BCUT2D eigenvalue weighted by Crippen LogP contribution is 2.17. The van der Waals surface area contributed by atoms with Crippen LogP contribution in [0.1, 0.15) is 22.3 Å². The molecule has 0 saturated heterocycles. The summed E-state index contributed by atoms with van der Waals surface area (Å²) in [7, 11) is -3.73. The Morgan fingerprint density at radius 1 is 0.971 bits per heavy atom. The third-order valence-electron chi connectivity index (χ3n) is 4.80. The molecule has 4 rings (SSSR count). The summed E-state index contributed by atoms with van der Waals surface area (Å²) in [6, 6.07) is 17.1. The molecule has 9 heteroatoms. The number of nitrogens with zero attached hydrogens (tertiary/aromatic N) is 2. The highest BCUT2D eigenvalue weighted by molar-refractivity contribution is 7.92. The van der Waals surface area contributed by atoms with Crippen LogP contribution in [0.5, 0.6) is 0 Å². The van der Waals surface area contributed by atoms with Gasteiger partial charge in [0, 0.05) is 41.0 Å². The number of rotatable bonds is 5. The molecule has 0 fully saturated rings. The second kappa shape index (κ2) is 9.52. The number of halogens is 1. The summed E-state index contributed by atoms with van der Waals surface area (Å²) in [5, 5.41) is 6.22. The van der Waals surface area contributed by atoms with Crippen molar-refractivity contribution < 1.29 is 18.2 Å². The number of hydrogen-bond donors (Lipinski definition) is 3. The van der Waals surface area contributed by atoms with Crippen LogP contribution in [0, 0.1) is 17.7 Å². The first kappa shape index (κ1) is 22.6. The van der Waals surface area contributed by atoms with E-state index >= 15 is 0 Å². The Bertz CT molecular complexity index is 1510. The predicted molar refractivity (Wildman–Crippen MR) is 128 cm³/mol. The van der Waals surface area contributed by atoms with Gasteiger partial charge in [0.05, 0.1) is 5.56 Å². The lowest BCUT2D eigenvalue weighted by molar-refractivity contribution is -0.111. The summed E-state index contributed by atoms with van der Waals surface area (Å²) in [6.07, 6.45) is 4.30. The zero-order valence-corrected chi connectivity index (χ0v) is 18.6. The number of nitrogens with one attached hydrogen (secondary N) is 1. The molecule has 2 aromatic carbocycles. The Morgan fingerprint density at radius 2 is 1.68 bits per heavy atom. The van der Waals surface area contributed by atoms with E-state index in [1.54, 1.807) is 48.5 Å². The minimum atomic E-state index is -3.73. The molecule has 5 N–H and O–H groups in total. The minimum absolute atomic E-state index is 0.0715. The summed E-state index contributed by atoms with van der Waals surface area (Å²) >= 11 is 0. The van der Waals surface area contributed by atoms with Gasteiger partial charge in [-0.1, -0.05) is 11.8 Å². The Hall–Kier alpha value is -4.55. The van der Waals surface area contributed by atoms with E-state index in [1.165, 1.54) is 36.8 Å². The van der Waals surface area contributed by atoms with E-state index in [0.29, 0.717) is 33.7 Å². The zero-order valence-electron chi connectivity index (χ0n) is 17.7. The van der Waals surface area contributed by atoms with Crippen LogP contribution in [-0.2, 0) is 10.0 Å². The van der Waals surface area contributed by atoms with Gasteiger partial charge in [0.25, 0.3) is 10.0 Å².